The Morgan fingerprint density at radius 1 is 1.06 bits per heavy atom. The summed E-state index contributed by atoms with van der Waals surface area (Å²) < 4.78 is 5.30. The lowest BCUT2D eigenvalue weighted by Gasteiger charge is -2.40. The second-order valence-corrected chi connectivity index (χ2v) is 10.0. The molecule has 2 heterocycles. The van der Waals surface area contributed by atoms with Crippen molar-refractivity contribution in [3.05, 3.63) is 65.2 Å². The van der Waals surface area contributed by atoms with Crippen LogP contribution in [0, 0.1) is 11.8 Å². The molecule has 0 radical (unpaired) electrons. The number of piperidine rings is 1. The molecule has 0 spiro atoms. The zero-order valence-corrected chi connectivity index (χ0v) is 20.8. The number of carbonyl (C=O) groups excluding carboxylic acids is 2. The highest BCUT2D eigenvalue weighted by Crippen LogP contribution is 2.42. The van der Waals surface area contributed by atoms with Gasteiger partial charge >= 0.3 is 0 Å². The number of amides is 2. The molecule has 4 atom stereocenters. The van der Waals surface area contributed by atoms with E-state index in [2.05, 4.69) is 24.1 Å². The first-order valence-corrected chi connectivity index (χ1v) is 12.4. The fourth-order valence-corrected chi connectivity index (χ4v) is 5.77. The Bertz CT molecular complexity index is 996. The standard InChI is InChI=1S/C28H37N3O3/c1-19-16-20(2)18-31(17-19)15-7-14-29-27(32)25-23-8-5-6-9-24(23)28(33)30(3)26(25)21-10-12-22(34-4)13-11-21/h5-6,8-13,19-20,25-26H,7,14-18H2,1-4H3,(H,29,32)/t19-,20+,25-,26-/m1/s1. The Hall–Kier alpha value is -2.86. The van der Waals surface area contributed by atoms with Gasteiger partial charge in [0.15, 0.2) is 0 Å². The summed E-state index contributed by atoms with van der Waals surface area (Å²) in [6.07, 6.45) is 2.22. The van der Waals surface area contributed by atoms with E-state index in [9.17, 15) is 9.59 Å². The highest BCUT2D eigenvalue weighted by molar-refractivity contribution is 6.01. The van der Waals surface area contributed by atoms with E-state index in [-0.39, 0.29) is 17.9 Å². The molecule has 2 aromatic rings. The number of nitrogens with one attached hydrogen (secondary N) is 1. The number of benzene rings is 2. The fourth-order valence-electron chi connectivity index (χ4n) is 5.77. The lowest BCUT2D eigenvalue weighted by atomic mass is 9.79. The first-order valence-electron chi connectivity index (χ1n) is 12.4. The van der Waals surface area contributed by atoms with Crippen LogP contribution >= 0.6 is 0 Å². The molecule has 4 rings (SSSR count). The van der Waals surface area contributed by atoms with E-state index in [4.69, 9.17) is 4.74 Å². The molecule has 34 heavy (non-hydrogen) atoms. The number of nitrogens with zero attached hydrogens (tertiary/aromatic N) is 2. The third-order valence-corrected chi connectivity index (χ3v) is 7.21. The highest BCUT2D eigenvalue weighted by atomic mass is 16.5. The molecule has 0 unspecified atom stereocenters. The molecule has 1 saturated heterocycles. The highest BCUT2D eigenvalue weighted by Gasteiger charge is 2.42. The van der Waals surface area contributed by atoms with Crippen molar-refractivity contribution in [2.45, 2.75) is 38.6 Å². The predicted molar refractivity (Wildman–Crippen MR) is 134 cm³/mol. The Morgan fingerprint density at radius 3 is 2.41 bits per heavy atom. The van der Waals surface area contributed by atoms with Crippen molar-refractivity contribution >= 4 is 11.8 Å². The van der Waals surface area contributed by atoms with Crippen LogP contribution in [-0.4, -0.2) is 62.0 Å². The van der Waals surface area contributed by atoms with Crippen LogP contribution in [0.15, 0.2) is 48.5 Å². The van der Waals surface area contributed by atoms with Crippen LogP contribution in [0.1, 0.15) is 60.1 Å². The number of fused-ring (bicyclic) bond motifs is 1. The average Bonchev–Trinajstić information content (AvgIpc) is 2.83. The van der Waals surface area contributed by atoms with Crippen molar-refractivity contribution in [1.29, 1.82) is 0 Å². The smallest absolute Gasteiger partial charge is 0.254 e. The minimum atomic E-state index is -0.470. The van der Waals surface area contributed by atoms with Gasteiger partial charge in [-0.25, -0.2) is 0 Å². The summed E-state index contributed by atoms with van der Waals surface area (Å²) in [5.41, 5.74) is 2.32. The molecule has 0 saturated carbocycles. The van der Waals surface area contributed by atoms with Gasteiger partial charge in [0, 0.05) is 32.2 Å². The van der Waals surface area contributed by atoms with Gasteiger partial charge in [-0.15, -0.1) is 0 Å². The number of hydrogen-bond donors (Lipinski definition) is 1. The molecule has 6 heteroatoms. The maximum atomic E-state index is 13.6. The average molecular weight is 464 g/mol. The third kappa shape index (κ3) is 5.12. The van der Waals surface area contributed by atoms with Crippen LogP contribution in [0.25, 0.3) is 0 Å². The fraction of sp³-hybridized carbons (Fsp3) is 0.500. The molecule has 1 fully saturated rings. The van der Waals surface area contributed by atoms with Crippen molar-refractivity contribution in [1.82, 2.24) is 15.1 Å². The molecule has 2 aromatic carbocycles. The van der Waals surface area contributed by atoms with E-state index >= 15 is 0 Å². The molecule has 2 aliphatic rings. The number of ether oxygens (including phenoxy) is 1. The molecule has 6 nitrogen and oxygen atoms in total. The summed E-state index contributed by atoms with van der Waals surface area (Å²) in [7, 11) is 3.41. The Morgan fingerprint density at radius 2 is 1.74 bits per heavy atom. The lowest BCUT2D eigenvalue weighted by Crippen LogP contribution is -2.46. The minimum absolute atomic E-state index is 0.0343. The molecule has 2 aliphatic heterocycles. The lowest BCUT2D eigenvalue weighted by molar-refractivity contribution is -0.124. The molecule has 182 valence electrons. The minimum Gasteiger partial charge on any atom is -0.497 e. The second-order valence-electron chi connectivity index (χ2n) is 10.0. The number of methoxy groups -OCH3 is 1. The summed E-state index contributed by atoms with van der Waals surface area (Å²) in [6, 6.07) is 14.8. The molecule has 1 N–H and O–H groups in total. The van der Waals surface area contributed by atoms with Gasteiger partial charge in [0.1, 0.15) is 5.75 Å². The first kappa shape index (κ1) is 24.3. The largest absolute Gasteiger partial charge is 0.497 e. The maximum absolute atomic E-state index is 13.6. The molecule has 0 aliphatic carbocycles. The number of rotatable bonds is 7. The van der Waals surface area contributed by atoms with Crippen LogP contribution in [0.4, 0.5) is 0 Å². The quantitative estimate of drug-likeness (QED) is 0.629. The van der Waals surface area contributed by atoms with Gasteiger partial charge in [-0.1, -0.05) is 44.2 Å². The van der Waals surface area contributed by atoms with Crippen LogP contribution in [0.2, 0.25) is 0 Å². The SMILES string of the molecule is COc1ccc([C@@H]2[C@H](C(=O)NCCCN3C[C@H](C)C[C@H](C)C3)c3ccccc3C(=O)N2C)cc1. The van der Waals surface area contributed by atoms with Crippen LogP contribution < -0.4 is 10.1 Å². The summed E-state index contributed by atoms with van der Waals surface area (Å²) in [5.74, 6) is 1.64. The number of likely N-dealkylation sites (N-methyl/N-ethyl adjacent to an activating group) is 1. The number of hydrogen-bond acceptors (Lipinski definition) is 4. The predicted octanol–water partition coefficient (Wildman–Crippen LogP) is 4.09. The van der Waals surface area contributed by atoms with Gasteiger partial charge in [-0.05, 0) is 60.5 Å². The van der Waals surface area contributed by atoms with Crippen molar-refractivity contribution in [2.24, 2.45) is 11.8 Å². The Kier molecular flexibility index (Phi) is 7.57. The van der Waals surface area contributed by atoms with E-state index in [0.717, 1.165) is 54.8 Å². The summed E-state index contributed by atoms with van der Waals surface area (Å²) in [5, 5.41) is 3.18. The van der Waals surface area contributed by atoms with E-state index in [0.29, 0.717) is 12.1 Å². The summed E-state index contributed by atoms with van der Waals surface area (Å²) >= 11 is 0. The van der Waals surface area contributed by atoms with Crippen LogP contribution in [0.5, 0.6) is 5.75 Å². The Labute approximate surface area is 203 Å². The van der Waals surface area contributed by atoms with Gasteiger partial charge in [-0.3, -0.25) is 9.59 Å². The molecule has 2 amide bonds. The van der Waals surface area contributed by atoms with Crippen LogP contribution in [-0.2, 0) is 4.79 Å². The third-order valence-electron chi connectivity index (χ3n) is 7.21. The van der Waals surface area contributed by atoms with Crippen molar-refractivity contribution in [3.63, 3.8) is 0 Å². The van der Waals surface area contributed by atoms with Gasteiger partial charge in [0.2, 0.25) is 5.91 Å². The van der Waals surface area contributed by atoms with E-state index in [1.165, 1.54) is 6.42 Å². The molecular formula is C28H37N3O3. The molecule has 0 aromatic heterocycles. The maximum Gasteiger partial charge on any atom is 0.254 e. The first-order chi connectivity index (χ1) is 16.4. The van der Waals surface area contributed by atoms with Crippen LogP contribution in [0.3, 0.4) is 0 Å². The normalized spacial score (nSPS) is 25.1. The zero-order valence-electron chi connectivity index (χ0n) is 20.8. The molecular weight excluding hydrogens is 426 g/mol. The number of likely N-dealkylation sites (tertiary alicyclic amines) is 1. The van der Waals surface area contributed by atoms with Gasteiger partial charge in [-0.2, -0.15) is 0 Å². The van der Waals surface area contributed by atoms with Gasteiger partial charge < -0.3 is 19.9 Å². The van der Waals surface area contributed by atoms with Gasteiger partial charge in [0.25, 0.3) is 5.91 Å². The summed E-state index contributed by atoms with van der Waals surface area (Å²) in [4.78, 5) is 31.0. The monoisotopic (exact) mass is 463 g/mol. The van der Waals surface area contributed by atoms with E-state index in [1.807, 2.05) is 48.5 Å². The Balaban J connectivity index is 1.50. The van der Waals surface area contributed by atoms with Gasteiger partial charge in [0.05, 0.1) is 19.1 Å². The zero-order chi connectivity index (χ0) is 24.2. The summed E-state index contributed by atoms with van der Waals surface area (Å²) in [6.45, 7) is 8.55. The van der Waals surface area contributed by atoms with Crippen molar-refractivity contribution in [3.8, 4) is 5.75 Å². The molecule has 0 bridgehead atoms. The van der Waals surface area contributed by atoms with E-state index in [1.54, 1.807) is 19.1 Å². The van der Waals surface area contributed by atoms with E-state index < -0.39 is 5.92 Å². The van der Waals surface area contributed by atoms with Crippen molar-refractivity contribution in [2.75, 3.05) is 40.3 Å². The topological polar surface area (TPSA) is 61.9 Å². The number of carbonyl (C=O) groups is 2. The second kappa shape index (κ2) is 10.6. The van der Waals surface area contributed by atoms with Crippen molar-refractivity contribution < 1.29 is 14.3 Å².